The third-order valence-electron chi connectivity index (χ3n) is 7.11. The summed E-state index contributed by atoms with van der Waals surface area (Å²) in [6.07, 6.45) is 7.75. The molecular weight excluding hydrogens is 366 g/mol. The summed E-state index contributed by atoms with van der Waals surface area (Å²) in [6.45, 7) is 4.15. The lowest BCUT2D eigenvalue weighted by Gasteiger charge is -2.33. The number of carbonyl (C=O) groups is 2. The Kier molecular flexibility index (Phi) is 6.09. The first kappa shape index (κ1) is 20.2. The van der Waals surface area contributed by atoms with Crippen molar-refractivity contribution in [3.8, 4) is 5.75 Å². The van der Waals surface area contributed by atoms with Crippen LogP contribution in [0.25, 0.3) is 0 Å². The number of likely N-dealkylation sites (tertiary alicyclic amines) is 2. The summed E-state index contributed by atoms with van der Waals surface area (Å²) < 4.78 is 5.93. The molecule has 0 bridgehead atoms. The topological polar surface area (TPSA) is 75.9 Å². The molecule has 2 heterocycles. The Bertz CT molecular complexity index is 709. The van der Waals surface area contributed by atoms with Crippen molar-refractivity contribution in [1.82, 2.24) is 9.80 Å². The number of carbonyl (C=O) groups excluding carboxylic acids is 2. The van der Waals surface area contributed by atoms with E-state index in [-0.39, 0.29) is 11.4 Å². The van der Waals surface area contributed by atoms with Gasteiger partial charge in [0.2, 0.25) is 12.3 Å². The predicted molar refractivity (Wildman–Crippen MR) is 111 cm³/mol. The SMILES string of the molecule is NC1(C2CCN(C=O)CC2)CC1CCOc1ccc(CC(=O)N2CCCC2)cc1. The highest BCUT2D eigenvalue weighted by molar-refractivity contribution is 5.79. The van der Waals surface area contributed by atoms with E-state index in [4.69, 9.17) is 10.5 Å². The van der Waals surface area contributed by atoms with E-state index >= 15 is 0 Å². The standard InChI is InChI=1S/C23H33N3O3/c24-23(19-7-12-25(17-27)13-8-19)16-20(23)9-14-29-21-5-3-18(4-6-21)15-22(28)26-10-1-2-11-26/h3-6,17,19-20H,1-2,7-16,24H2. The fourth-order valence-electron chi connectivity index (χ4n) is 5.06. The van der Waals surface area contributed by atoms with Gasteiger partial charge in [-0.2, -0.15) is 0 Å². The molecule has 3 fully saturated rings. The highest BCUT2D eigenvalue weighted by Crippen LogP contribution is 2.51. The van der Waals surface area contributed by atoms with Gasteiger partial charge in [0, 0.05) is 31.7 Å². The van der Waals surface area contributed by atoms with Gasteiger partial charge in [-0.25, -0.2) is 0 Å². The molecule has 1 saturated carbocycles. The molecule has 0 radical (unpaired) electrons. The van der Waals surface area contributed by atoms with E-state index in [2.05, 4.69) is 0 Å². The summed E-state index contributed by atoms with van der Waals surface area (Å²) in [6, 6.07) is 7.91. The van der Waals surface area contributed by atoms with Crippen LogP contribution in [0.1, 0.15) is 44.1 Å². The summed E-state index contributed by atoms with van der Waals surface area (Å²) in [5.41, 5.74) is 7.63. The lowest BCUT2D eigenvalue weighted by Crippen LogP contribution is -2.43. The van der Waals surface area contributed by atoms with E-state index in [1.807, 2.05) is 34.1 Å². The molecule has 2 amide bonds. The first-order valence-electron chi connectivity index (χ1n) is 11.1. The van der Waals surface area contributed by atoms with Gasteiger partial charge in [-0.05, 0) is 68.1 Å². The Balaban J connectivity index is 1.17. The molecule has 2 saturated heterocycles. The van der Waals surface area contributed by atoms with Gasteiger partial charge < -0.3 is 20.3 Å². The van der Waals surface area contributed by atoms with Crippen LogP contribution < -0.4 is 10.5 Å². The van der Waals surface area contributed by atoms with Gasteiger partial charge in [0.15, 0.2) is 0 Å². The molecule has 2 atom stereocenters. The second-order valence-electron chi connectivity index (χ2n) is 8.97. The van der Waals surface area contributed by atoms with Crippen LogP contribution in [0.3, 0.4) is 0 Å². The van der Waals surface area contributed by atoms with Crippen molar-refractivity contribution < 1.29 is 14.3 Å². The molecule has 158 valence electrons. The van der Waals surface area contributed by atoms with Gasteiger partial charge in [0.1, 0.15) is 5.75 Å². The molecule has 3 aliphatic rings. The maximum Gasteiger partial charge on any atom is 0.226 e. The average molecular weight is 400 g/mol. The van der Waals surface area contributed by atoms with Gasteiger partial charge in [-0.15, -0.1) is 0 Å². The second kappa shape index (κ2) is 8.74. The van der Waals surface area contributed by atoms with E-state index in [0.717, 1.165) is 82.4 Å². The van der Waals surface area contributed by atoms with E-state index < -0.39 is 0 Å². The van der Waals surface area contributed by atoms with Gasteiger partial charge in [-0.1, -0.05) is 12.1 Å². The maximum absolute atomic E-state index is 12.2. The van der Waals surface area contributed by atoms with Crippen LogP contribution in [0.4, 0.5) is 0 Å². The largest absolute Gasteiger partial charge is 0.494 e. The molecule has 1 aliphatic carbocycles. The molecule has 2 N–H and O–H groups in total. The predicted octanol–water partition coefficient (Wildman–Crippen LogP) is 2.21. The normalized spacial score (nSPS) is 27.1. The maximum atomic E-state index is 12.2. The number of nitrogens with two attached hydrogens (primary N) is 1. The number of amides is 2. The van der Waals surface area contributed by atoms with Crippen LogP contribution in [0.15, 0.2) is 24.3 Å². The van der Waals surface area contributed by atoms with Crippen molar-refractivity contribution in [3.05, 3.63) is 29.8 Å². The third kappa shape index (κ3) is 4.74. The highest BCUT2D eigenvalue weighted by atomic mass is 16.5. The van der Waals surface area contributed by atoms with Crippen molar-refractivity contribution >= 4 is 12.3 Å². The van der Waals surface area contributed by atoms with Crippen molar-refractivity contribution in [2.45, 2.75) is 50.5 Å². The molecule has 1 aromatic rings. The summed E-state index contributed by atoms with van der Waals surface area (Å²) >= 11 is 0. The van der Waals surface area contributed by atoms with Crippen LogP contribution in [0, 0.1) is 11.8 Å². The Morgan fingerprint density at radius 3 is 2.48 bits per heavy atom. The van der Waals surface area contributed by atoms with Crippen molar-refractivity contribution in [1.29, 1.82) is 0 Å². The van der Waals surface area contributed by atoms with Gasteiger partial charge in [0.05, 0.1) is 13.0 Å². The Labute approximate surface area is 173 Å². The van der Waals surface area contributed by atoms with Crippen LogP contribution in [-0.4, -0.2) is 60.4 Å². The summed E-state index contributed by atoms with van der Waals surface area (Å²) in [5.74, 6) is 2.12. The van der Waals surface area contributed by atoms with Crippen LogP contribution >= 0.6 is 0 Å². The fraction of sp³-hybridized carbons (Fsp3) is 0.652. The zero-order valence-electron chi connectivity index (χ0n) is 17.2. The average Bonchev–Trinajstić information content (AvgIpc) is 3.15. The zero-order valence-corrected chi connectivity index (χ0v) is 17.2. The number of nitrogens with zero attached hydrogens (tertiary/aromatic N) is 2. The number of hydrogen-bond acceptors (Lipinski definition) is 4. The van der Waals surface area contributed by atoms with Crippen LogP contribution in [0.5, 0.6) is 5.75 Å². The van der Waals surface area contributed by atoms with Crippen LogP contribution in [-0.2, 0) is 16.0 Å². The first-order valence-corrected chi connectivity index (χ1v) is 11.1. The minimum atomic E-state index is -0.0574. The monoisotopic (exact) mass is 399 g/mol. The van der Waals surface area contributed by atoms with Gasteiger partial charge >= 0.3 is 0 Å². The van der Waals surface area contributed by atoms with E-state index in [0.29, 0.717) is 24.9 Å². The van der Waals surface area contributed by atoms with E-state index in [9.17, 15) is 9.59 Å². The second-order valence-corrected chi connectivity index (χ2v) is 8.97. The molecule has 29 heavy (non-hydrogen) atoms. The Morgan fingerprint density at radius 2 is 1.83 bits per heavy atom. The van der Waals surface area contributed by atoms with Crippen molar-refractivity contribution in [2.24, 2.45) is 17.6 Å². The van der Waals surface area contributed by atoms with Gasteiger partial charge in [0.25, 0.3) is 0 Å². The molecule has 2 unspecified atom stereocenters. The summed E-state index contributed by atoms with van der Waals surface area (Å²) in [4.78, 5) is 26.9. The molecule has 0 aromatic heterocycles. The molecule has 2 aliphatic heterocycles. The summed E-state index contributed by atoms with van der Waals surface area (Å²) in [7, 11) is 0. The smallest absolute Gasteiger partial charge is 0.226 e. The summed E-state index contributed by atoms with van der Waals surface area (Å²) in [5, 5.41) is 0. The highest BCUT2D eigenvalue weighted by Gasteiger charge is 2.55. The number of benzene rings is 1. The molecule has 0 spiro atoms. The quantitative estimate of drug-likeness (QED) is 0.680. The van der Waals surface area contributed by atoms with E-state index in [1.54, 1.807) is 0 Å². The number of ether oxygens (including phenoxy) is 1. The number of hydrogen-bond donors (Lipinski definition) is 1. The van der Waals surface area contributed by atoms with Gasteiger partial charge in [-0.3, -0.25) is 9.59 Å². The molecular formula is C23H33N3O3. The fourth-order valence-corrected chi connectivity index (χ4v) is 5.06. The molecule has 1 aromatic carbocycles. The molecule has 6 nitrogen and oxygen atoms in total. The van der Waals surface area contributed by atoms with E-state index in [1.165, 1.54) is 0 Å². The Morgan fingerprint density at radius 1 is 1.14 bits per heavy atom. The Hall–Kier alpha value is -2.08. The first-order chi connectivity index (χ1) is 14.1. The lowest BCUT2D eigenvalue weighted by atomic mass is 9.86. The van der Waals surface area contributed by atoms with Crippen LogP contribution in [0.2, 0.25) is 0 Å². The number of piperidine rings is 1. The molecule has 4 rings (SSSR count). The van der Waals surface area contributed by atoms with Crippen molar-refractivity contribution in [2.75, 3.05) is 32.8 Å². The number of rotatable bonds is 8. The lowest BCUT2D eigenvalue weighted by molar-refractivity contribution is -0.129. The third-order valence-corrected chi connectivity index (χ3v) is 7.11. The minimum Gasteiger partial charge on any atom is -0.494 e. The zero-order chi connectivity index (χ0) is 20.3. The minimum absolute atomic E-state index is 0.0574. The van der Waals surface area contributed by atoms with Crippen molar-refractivity contribution in [3.63, 3.8) is 0 Å². The molecule has 6 heteroatoms.